The van der Waals surface area contributed by atoms with E-state index < -0.39 is 0 Å². The largest absolute Gasteiger partial charge is 0.303 e. The molecule has 0 N–H and O–H groups in total. The maximum atomic E-state index is 9.88. The van der Waals surface area contributed by atoms with Crippen LogP contribution in [0.4, 0.5) is 0 Å². The number of rotatable bonds is 4. The zero-order chi connectivity index (χ0) is 7.11. The van der Waals surface area contributed by atoms with Crippen molar-refractivity contribution >= 4 is 34.5 Å². The topological polar surface area (TPSA) is 17.1 Å². The molecule has 0 saturated heterocycles. The van der Waals surface area contributed by atoms with Gasteiger partial charge in [-0.15, -0.1) is 11.8 Å². The molecular weight excluding hydrogens is 152 g/mol. The molecule has 1 nitrogen and oxygen atoms in total. The van der Waals surface area contributed by atoms with Crippen molar-refractivity contribution in [3.63, 3.8) is 0 Å². The van der Waals surface area contributed by atoms with Gasteiger partial charge in [0.05, 0.1) is 4.20 Å². The van der Waals surface area contributed by atoms with Gasteiger partial charge in [-0.1, -0.05) is 19.1 Å². The van der Waals surface area contributed by atoms with Crippen molar-refractivity contribution in [1.82, 2.24) is 0 Å². The summed E-state index contributed by atoms with van der Waals surface area (Å²) in [5.74, 6) is 1.03. The lowest BCUT2D eigenvalue weighted by molar-refractivity contribution is -0.106. The van der Waals surface area contributed by atoms with E-state index >= 15 is 0 Å². The number of carbonyl (C=O) groups is 1. The van der Waals surface area contributed by atoms with Gasteiger partial charge in [0.1, 0.15) is 6.29 Å². The van der Waals surface area contributed by atoms with Crippen LogP contribution in [0.5, 0.6) is 0 Å². The van der Waals surface area contributed by atoms with Gasteiger partial charge in [0.15, 0.2) is 0 Å². The Balaban J connectivity index is 3.16. The van der Waals surface area contributed by atoms with E-state index in [4.69, 9.17) is 12.2 Å². The fourth-order valence-corrected chi connectivity index (χ4v) is 1.28. The molecule has 0 unspecified atom stereocenters. The molecule has 0 rings (SSSR count). The van der Waals surface area contributed by atoms with Crippen LogP contribution in [0.1, 0.15) is 19.8 Å². The van der Waals surface area contributed by atoms with Crippen molar-refractivity contribution < 1.29 is 4.79 Å². The number of hydrogen-bond donors (Lipinski definition) is 0. The first-order valence-electron chi connectivity index (χ1n) is 2.90. The number of hydrogen-bond acceptors (Lipinski definition) is 3. The normalized spacial score (nSPS) is 9.00. The maximum absolute atomic E-state index is 9.88. The predicted octanol–water partition coefficient (Wildman–Crippen LogP) is 2.05. The van der Waals surface area contributed by atoms with Crippen LogP contribution in [0.25, 0.3) is 0 Å². The van der Waals surface area contributed by atoms with Crippen molar-refractivity contribution in [1.29, 1.82) is 0 Å². The molecule has 0 aliphatic carbocycles. The number of aldehydes is 1. The Bertz CT molecular complexity index is 101. The summed E-state index contributed by atoms with van der Waals surface area (Å²) >= 11 is 6.45. The number of carbonyl (C=O) groups excluding carboxylic acids is 1. The van der Waals surface area contributed by atoms with Crippen molar-refractivity contribution in [2.75, 3.05) is 5.75 Å². The molecule has 0 aliphatic heterocycles. The smallest absolute Gasteiger partial charge is 0.125 e. The molecule has 9 heavy (non-hydrogen) atoms. The summed E-state index contributed by atoms with van der Waals surface area (Å²) in [6.45, 7) is 2.09. The average Bonchev–Trinajstić information content (AvgIpc) is 1.85. The molecule has 52 valence electrons. The van der Waals surface area contributed by atoms with Gasteiger partial charge in [-0.05, 0) is 12.2 Å². The molecule has 0 amide bonds. The lowest BCUT2D eigenvalue weighted by atomic mass is 10.6. The maximum Gasteiger partial charge on any atom is 0.125 e. The number of thiocarbonyl (C=S) groups is 1. The minimum absolute atomic E-state index is 0.431. The summed E-state index contributed by atoms with van der Waals surface area (Å²) in [5, 5.41) is 0. The number of thioether (sulfide) groups is 1. The van der Waals surface area contributed by atoms with Crippen LogP contribution in [-0.4, -0.2) is 16.2 Å². The Morgan fingerprint density at radius 1 is 1.78 bits per heavy atom. The molecule has 0 spiro atoms. The standard InChI is InChI=1S/C6H10OS2/c1-2-5-9-6(8)3-4-7/h4H,2-3,5H2,1H3. The van der Waals surface area contributed by atoms with Gasteiger partial charge in [-0.2, -0.15) is 0 Å². The Hall–Kier alpha value is 0.110. The molecule has 0 heterocycles. The first-order valence-corrected chi connectivity index (χ1v) is 4.30. The third-order valence-corrected chi connectivity index (χ3v) is 2.34. The summed E-state index contributed by atoms with van der Waals surface area (Å²) in [6.07, 6.45) is 2.40. The third kappa shape index (κ3) is 5.99. The molecule has 0 aromatic carbocycles. The fraction of sp³-hybridized carbons (Fsp3) is 0.667. The van der Waals surface area contributed by atoms with Gasteiger partial charge in [-0.25, -0.2) is 0 Å². The van der Waals surface area contributed by atoms with Crippen LogP contribution in [0.2, 0.25) is 0 Å². The second kappa shape index (κ2) is 6.23. The second-order valence-corrected chi connectivity index (χ2v) is 3.53. The summed E-state index contributed by atoms with van der Waals surface area (Å²) in [5.41, 5.74) is 0. The SMILES string of the molecule is CCCSC(=S)CC=O. The Labute approximate surface area is 65.2 Å². The molecule has 0 bridgehead atoms. The summed E-state index contributed by atoms with van der Waals surface area (Å²) < 4.78 is 0.812. The zero-order valence-corrected chi connectivity index (χ0v) is 7.06. The van der Waals surface area contributed by atoms with Crippen LogP contribution in [0.3, 0.4) is 0 Å². The van der Waals surface area contributed by atoms with E-state index in [1.165, 1.54) is 0 Å². The highest BCUT2D eigenvalue weighted by Gasteiger charge is 1.93. The highest BCUT2D eigenvalue weighted by molar-refractivity contribution is 8.23. The van der Waals surface area contributed by atoms with Crippen molar-refractivity contribution in [3.05, 3.63) is 0 Å². The fourth-order valence-electron chi connectivity index (χ4n) is 0.343. The monoisotopic (exact) mass is 162 g/mol. The van der Waals surface area contributed by atoms with Gasteiger partial charge >= 0.3 is 0 Å². The van der Waals surface area contributed by atoms with E-state index in [2.05, 4.69) is 6.92 Å². The van der Waals surface area contributed by atoms with Crippen LogP contribution in [0, 0.1) is 0 Å². The Kier molecular flexibility index (Phi) is 6.31. The second-order valence-electron chi connectivity index (χ2n) is 1.59. The quantitative estimate of drug-likeness (QED) is 0.465. The van der Waals surface area contributed by atoms with Crippen molar-refractivity contribution in [3.8, 4) is 0 Å². The first kappa shape index (κ1) is 9.11. The van der Waals surface area contributed by atoms with Crippen LogP contribution in [0.15, 0.2) is 0 Å². The first-order chi connectivity index (χ1) is 4.31. The van der Waals surface area contributed by atoms with E-state index in [-0.39, 0.29) is 0 Å². The molecule has 0 radical (unpaired) electrons. The van der Waals surface area contributed by atoms with E-state index in [9.17, 15) is 4.79 Å². The predicted molar refractivity (Wildman–Crippen MR) is 46.0 cm³/mol. The lowest BCUT2D eigenvalue weighted by Gasteiger charge is -1.94. The molecule has 0 aliphatic rings. The molecule has 0 saturated carbocycles. The van der Waals surface area contributed by atoms with Gasteiger partial charge < -0.3 is 4.79 Å². The summed E-state index contributed by atoms with van der Waals surface area (Å²) in [6, 6.07) is 0. The molecule has 0 aromatic heterocycles. The summed E-state index contributed by atoms with van der Waals surface area (Å²) in [7, 11) is 0. The average molecular weight is 162 g/mol. The minimum Gasteiger partial charge on any atom is -0.303 e. The lowest BCUT2D eigenvalue weighted by Crippen LogP contribution is -1.89. The summed E-state index contributed by atoms with van der Waals surface area (Å²) in [4.78, 5) is 9.88. The zero-order valence-electron chi connectivity index (χ0n) is 5.42. The molecule has 0 aromatic rings. The van der Waals surface area contributed by atoms with Crippen LogP contribution >= 0.6 is 24.0 Å². The van der Waals surface area contributed by atoms with E-state index in [0.29, 0.717) is 6.42 Å². The highest BCUT2D eigenvalue weighted by atomic mass is 32.2. The molecular formula is C6H10OS2. The van der Waals surface area contributed by atoms with Gasteiger partial charge in [0.25, 0.3) is 0 Å². The van der Waals surface area contributed by atoms with Crippen LogP contribution < -0.4 is 0 Å². The van der Waals surface area contributed by atoms with E-state index in [1.807, 2.05) is 0 Å². The Morgan fingerprint density at radius 2 is 2.44 bits per heavy atom. The minimum atomic E-state index is 0.431. The van der Waals surface area contributed by atoms with Crippen molar-refractivity contribution in [2.24, 2.45) is 0 Å². The molecule has 3 heteroatoms. The molecule has 0 fully saturated rings. The van der Waals surface area contributed by atoms with E-state index in [1.54, 1.807) is 11.8 Å². The van der Waals surface area contributed by atoms with Gasteiger partial charge in [0.2, 0.25) is 0 Å². The van der Waals surface area contributed by atoms with Gasteiger partial charge in [-0.3, -0.25) is 0 Å². The molecule has 0 atom stereocenters. The van der Waals surface area contributed by atoms with Crippen LogP contribution in [-0.2, 0) is 4.79 Å². The van der Waals surface area contributed by atoms with Crippen molar-refractivity contribution in [2.45, 2.75) is 19.8 Å². The highest BCUT2D eigenvalue weighted by Crippen LogP contribution is 2.07. The third-order valence-electron chi connectivity index (χ3n) is 0.717. The van der Waals surface area contributed by atoms with E-state index in [0.717, 1.165) is 22.7 Å². The van der Waals surface area contributed by atoms with Gasteiger partial charge in [0, 0.05) is 6.42 Å². The Morgan fingerprint density at radius 3 is 2.89 bits per heavy atom.